The molecule has 4 N–H and O–H groups in total. The summed E-state index contributed by atoms with van der Waals surface area (Å²) in [5.74, 6) is -4.56. The van der Waals surface area contributed by atoms with Crippen LogP contribution in [0.1, 0.15) is 41.4 Å². The first-order chi connectivity index (χ1) is 14.4. The van der Waals surface area contributed by atoms with Crippen molar-refractivity contribution in [2.24, 2.45) is 0 Å². The number of aromatic carboxylic acids is 2. The van der Waals surface area contributed by atoms with Gasteiger partial charge in [-0.2, -0.15) is 0 Å². The zero-order valence-corrected chi connectivity index (χ0v) is 15.5. The Morgan fingerprint density at radius 3 is 1.20 bits per heavy atom. The molecule has 0 aliphatic rings. The van der Waals surface area contributed by atoms with Gasteiger partial charge in [0.2, 0.25) is 0 Å². The summed E-state index contributed by atoms with van der Waals surface area (Å²) in [6, 6.07) is 18.4. The van der Waals surface area contributed by atoms with Crippen LogP contribution in [0.15, 0.2) is 72.8 Å². The first-order valence-electron chi connectivity index (χ1n) is 8.74. The number of nitrogens with one attached hydrogen (secondary N) is 2. The minimum atomic E-state index is -1.49. The maximum atomic E-state index is 12.7. The van der Waals surface area contributed by atoms with E-state index in [1.54, 1.807) is 60.7 Å². The number of carboxylic acid groups (broad SMARTS) is 2. The van der Waals surface area contributed by atoms with E-state index in [2.05, 4.69) is 10.6 Å². The highest BCUT2D eigenvalue weighted by atomic mass is 16.4. The molecule has 0 fully saturated rings. The molecule has 0 atom stereocenters. The minimum Gasteiger partial charge on any atom is -0.478 e. The highest BCUT2D eigenvalue weighted by Gasteiger charge is 2.25. The van der Waals surface area contributed by atoms with Crippen LogP contribution in [0.5, 0.6) is 0 Å². The third-order valence-corrected chi connectivity index (χ3v) is 4.17. The first-order valence-corrected chi connectivity index (χ1v) is 8.74. The highest BCUT2D eigenvalue weighted by Crippen LogP contribution is 2.21. The number of hydrogen-bond acceptors (Lipinski definition) is 4. The molecule has 0 bridgehead atoms. The van der Waals surface area contributed by atoms with E-state index in [1.165, 1.54) is 0 Å². The molecule has 0 saturated carbocycles. The predicted molar refractivity (Wildman–Crippen MR) is 109 cm³/mol. The van der Waals surface area contributed by atoms with Gasteiger partial charge in [0, 0.05) is 11.4 Å². The third-order valence-electron chi connectivity index (χ3n) is 4.17. The second kappa shape index (κ2) is 8.70. The van der Waals surface area contributed by atoms with Gasteiger partial charge >= 0.3 is 11.9 Å². The number of hydrogen-bond donors (Lipinski definition) is 4. The molecule has 0 saturated heterocycles. The highest BCUT2D eigenvalue weighted by molar-refractivity contribution is 6.16. The molecule has 150 valence electrons. The van der Waals surface area contributed by atoms with Crippen LogP contribution >= 0.6 is 0 Å². The molecule has 3 rings (SSSR count). The Labute approximate surface area is 170 Å². The van der Waals surface area contributed by atoms with Gasteiger partial charge in [-0.05, 0) is 36.4 Å². The number of carbonyl (C=O) groups is 4. The summed E-state index contributed by atoms with van der Waals surface area (Å²) in [5, 5.41) is 24.0. The Kier molecular flexibility index (Phi) is 5.88. The van der Waals surface area contributed by atoms with Gasteiger partial charge in [-0.15, -0.1) is 0 Å². The number of anilines is 2. The lowest BCUT2D eigenvalue weighted by atomic mass is 9.96. The fourth-order valence-corrected chi connectivity index (χ4v) is 2.77. The monoisotopic (exact) mass is 404 g/mol. The molecule has 0 radical (unpaired) electrons. The molecule has 8 nitrogen and oxygen atoms in total. The Hall–Kier alpha value is -4.46. The van der Waals surface area contributed by atoms with E-state index in [9.17, 15) is 29.4 Å². The normalized spacial score (nSPS) is 10.1. The van der Waals surface area contributed by atoms with Crippen molar-refractivity contribution in [3.8, 4) is 0 Å². The van der Waals surface area contributed by atoms with E-state index in [-0.39, 0.29) is 11.1 Å². The SMILES string of the molecule is O=C(O)c1cc(C(=O)O)c(C(=O)Nc2ccccc2)cc1C(=O)Nc1ccccc1. The summed E-state index contributed by atoms with van der Waals surface area (Å²) in [6.07, 6.45) is 0. The summed E-state index contributed by atoms with van der Waals surface area (Å²) in [7, 11) is 0. The number of para-hydroxylation sites is 2. The molecule has 0 aliphatic carbocycles. The van der Waals surface area contributed by atoms with Crippen molar-refractivity contribution in [2.75, 3.05) is 10.6 Å². The smallest absolute Gasteiger partial charge is 0.336 e. The number of carboxylic acids is 2. The van der Waals surface area contributed by atoms with Crippen molar-refractivity contribution in [3.05, 3.63) is 95.1 Å². The Morgan fingerprint density at radius 1 is 0.533 bits per heavy atom. The molecule has 0 aliphatic heterocycles. The molecular weight excluding hydrogens is 388 g/mol. The molecule has 0 unspecified atom stereocenters. The van der Waals surface area contributed by atoms with E-state index in [4.69, 9.17) is 0 Å². The van der Waals surface area contributed by atoms with Crippen molar-refractivity contribution in [1.82, 2.24) is 0 Å². The maximum absolute atomic E-state index is 12.7. The second-order valence-corrected chi connectivity index (χ2v) is 6.19. The topological polar surface area (TPSA) is 133 Å². The predicted octanol–water partition coefficient (Wildman–Crippen LogP) is 3.59. The van der Waals surface area contributed by atoms with Crippen molar-refractivity contribution in [3.63, 3.8) is 0 Å². The third kappa shape index (κ3) is 4.50. The lowest BCUT2D eigenvalue weighted by Crippen LogP contribution is -2.22. The molecule has 8 heteroatoms. The molecule has 30 heavy (non-hydrogen) atoms. The van der Waals surface area contributed by atoms with E-state index in [0.29, 0.717) is 11.4 Å². The Balaban J connectivity index is 2.06. The van der Waals surface area contributed by atoms with Crippen molar-refractivity contribution in [1.29, 1.82) is 0 Å². The van der Waals surface area contributed by atoms with Gasteiger partial charge in [-0.1, -0.05) is 36.4 Å². The average Bonchev–Trinajstić information content (AvgIpc) is 2.74. The molecule has 2 amide bonds. The largest absolute Gasteiger partial charge is 0.478 e. The average molecular weight is 404 g/mol. The van der Waals surface area contributed by atoms with E-state index in [1.807, 2.05) is 0 Å². The molecule has 0 heterocycles. The van der Waals surface area contributed by atoms with Gasteiger partial charge in [0.1, 0.15) is 0 Å². The summed E-state index contributed by atoms with van der Waals surface area (Å²) in [4.78, 5) is 48.7. The van der Waals surface area contributed by atoms with Crippen molar-refractivity contribution in [2.45, 2.75) is 0 Å². The number of amides is 2. The van der Waals surface area contributed by atoms with Gasteiger partial charge < -0.3 is 20.8 Å². The van der Waals surface area contributed by atoms with Crippen LogP contribution in [0.2, 0.25) is 0 Å². The summed E-state index contributed by atoms with van der Waals surface area (Å²) >= 11 is 0. The van der Waals surface area contributed by atoms with Crippen LogP contribution in [0, 0.1) is 0 Å². The van der Waals surface area contributed by atoms with Gasteiger partial charge in [-0.25, -0.2) is 9.59 Å². The Morgan fingerprint density at radius 2 is 0.867 bits per heavy atom. The second-order valence-electron chi connectivity index (χ2n) is 6.19. The van der Waals surface area contributed by atoms with E-state index >= 15 is 0 Å². The lowest BCUT2D eigenvalue weighted by Gasteiger charge is -2.13. The quantitative estimate of drug-likeness (QED) is 0.496. The van der Waals surface area contributed by atoms with E-state index in [0.717, 1.165) is 12.1 Å². The Bertz CT molecular complexity index is 1040. The fraction of sp³-hybridized carbons (Fsp3) is 0. The maximum Gasteiger partial charge on any atom is 0.336 e. The number of rotatable bonds is 6. The van der Waals surface area contributed by atoms with Gasteiger partial charge in [0.25, 0.3) is 11.8 Å². The summed E-state index contributed by atoms with van der Waals surface area (Å²) in [6.45, 7) is 0. The van der Waals surface area contributed by atoms with E-state index < -0.39 is 34.9 Å². The summed E-state index contributed by atoms with van der Waals surface area (Å²) in [5.41, 5.74) is -0.911. The lowest BCUT2D eigenvalue weighted by molar-refractivity contribution is 0.0690. The van der Waals surface area contributed by atoms with Crippen LogP contribution in [0.25, 0.3) is 0 Å². The molecular formula is C22H16N2O6. The molecule has 3 aromatic rings. The zero-order chi connectivity index (χ0) is 21.7. The van der Waals surface area contributed by atoms with Crippen LogP contribution in [-0.4, -0.2) is 34.0 Å². The first kappa shape index (κ1) is 20.3. The fourth-order valence-electron chi connectivity index (χ4n) is 2.77. The zero-order valence-electron chi connectivity index (χ0n) is 15.5. The number of benzene rings is 3. The van der Waals surface area contributed by atoms with Gasteiger partial charge in [0.15, 0.2) is 0 Å². The molecule has 3 aromatic carbocycles. The molecule has 0 aromatic heterocycles. The van der Waals surface area contributed by atoms with Gasteiger partial charge in [0.05, 0.1) is 22.3 Å². The molecule has 0 spiro atoms. The van der Waals surface area contributed by atoms with Crippen LogP contribution in [0.4, 0.5) is 11.4 Å². The van der Waals surface area contributed by atoms with Crippen LogP contribution < -0.4 is 10.6 Å². The van der Waals surface area contributed by atoms with Crippen molar-refractivity contribution < 1.29 is 29.4 Å². The van der Waals surface area contributed by atoms with Crippen LogP contribution in [-0.2, 0) is 0 Å². The van der Waals surface area contributed by atoms with Crippen LogP contribution in [0.3, 0.4) is 0 Å². The van der Waals surface area contributed by atoms with Gasteiger partial charge in [-0.3, -0.25) is 9.59 Å². The number of carbonyl (C=O) groups excluding carboxylic acids is 2. The standard InChI is InChI=1S/C22H16N2O6/c25-19(23-13-7-3-1-4-8-13)15-11-16(18(22(29)30)12-17(15)21(27)28)20(26)24-14-9-5-2-6-10-14/h1-12H,(H,23,25)(H,24,26)(H,27,28)(H,29,30). The summed E-state index contributed by atoms with van der Waals surface area (Å²) < 4.78 is 0. The van der Waals surface area contributed by atoms with Crippen molar-refractivity contribution >= 4 is 35.1 Å². The minimum absolute atomic E-state index is 0.338.